The average Bonchev–Trinajstić information content (AvgIpc) is 3.68. The van der Waals surface area contributed by atoms with Crippen molar-refractivity contribution in [1.82, 2.24) is 34.9 Å². The Morgan fingerprint density at radius 2 is 1.75 bits per heavy atom. The lowest BCUT2D eigenvalue weighted by molar-refractivity contribution is -0.137. The molecule has 4 aromatic rings. The maximum absolute atomic E-state index is 13.4. The molecule has 1 atom stereocenters. The van der Waals surface area contributed by atoms with E-state index in [1.807, 2.05) is 73.6 Å². The van der Waals surface area contributed by atoms with Crippen LogP contribution in [-0.2, 0) is 25.5 Å². The first kappa shape index (κ1) is 51.1. The van der Waals surface area contributed by atoms with Gasteiger partial charge in [0.05, 0.1) is 36.1 Å². The minimum absolute atomic E-state index is 0.190. The van der Waals surface area contributed by atoms with E-state index in [-0.39, 0.29) is 35.1 Å². The maximum atomic E-state index is 13.4. The second-order valence-electron chi connectivity index (χ2n) is 19.0. The molecule has 4 aliphatic rings. The van der Waals surface area contributed by atoms with E-state index < -0.39 is 19.1 Å². The summed E-state index contributed by atoms with van der Waals surface area (Å²) in [6, 6.07) is 16.5. The van der Waals surface area contributed by atoms with Crippen LogP contribution in [0.15, 0.2) is 72.9 Å². The maximum Gasteiger partial charge on any atom is 0.255 e. The number of halogens is 1. The minimum atomic E-state index is -2.62. The molecule has 3 aromatic carbocycles. The van der Waals surface area contributed by atoms with Crippen LogP contribution in [0.3, 0.4) is 0 Å². The molecule has 0 aliphatic carbocycles. The van der Waals surface area contributed by atoms with Crippen LogP contribution in [0.5, 0.6) is 5.75 Å². The highest BCUT2D eigenvalue weighted by Gasteiger charge is 2.40. The molecule has 4 aliphatic heterocycles. The molecular weight excluding hydrogens is 941 g/mol. The predicted octanol–water partition coefficient (Wildman–Crippen LogP) is 6.11. The second kappa shape index (κ2) is 22.9. The zero-order valence-corrected chi connectivity index (χ0v) is 42.7. The smallest absolute Gasteiger partial charge is 0.255 e. The predicted molar refractivity (Wildman–Crippen MR) is 280 cm³/mol. The molecule has 0 radical (unpaired) electrons. The van der Waals surface area contributed by atoms with Crippen molar-refractivity contribution in [2.75, 3.05) is 108 Å². The number of carbonyl (C=O) groups excluding carboxylic acids is 4. The molecule has 19 heteroatoms. The molecule has 71 heavy (non-hydrogen) atoms. The topological polar surface area (TPSA) is 185 Å². The van der Waals surface area contributed by atoms with Crippen molar-refractivity contribution >= 4 is 82.2 Å². The third-order valence-corrected chi connectivity index (χ3v) is 15.2. The van der Waals surface area contributed by atoms with Crippen molar-refractivity contribution in [2.24, 2.45) is 0 Å². The number of carbonyl (C=O) groups is 4. The number of imide groups is 1. The number of unbranched alkanes of at least 4 members (excludes halogenated alkanes) is 1. The lowest BCUT2D eigenvalue weighted by atomic mass is 10.0. The van der Waals surface area contributed by atoms with Crippen molar-refractivity contribution in [3.63, 3.8) is 0 Å². The highest BCUT2D eigenvalue weighted by molar-refractivity contribution is 7.70. The number of ether oxygens (including phenoxy) is 1. The van der Waals surface area contributed by atoms with Gasteiger partial charge in [0, 0.05) is 99.8 Å². The van der Waals surface area contributed by atoms with Crippen molar-refractivity contribution in [2.45, 2.75) is 57.2 Å². The van der Waals surface area contributed by atoms with Gasteiger partial charge < -0.3 is 44.9 Å². The average molecular weight is 1000 g/mol. The molecule has 374 valence electrons. The summed E-state index contributed by atoms with van der Waals surface area (Å²) in [6.07, 6.45) is 9.02. The monoisotopic (exact) mass is 1000 g/mol. The number of amides is 4. The number of nitrogens with zero attached hydrogens (tertiary/aromatic N) is 7. The van der Waals surface area contributed by atoms with Crippen LogP contribution in [0.25, 0.3) is 0 Å². The van der Waals surface area contributed by atoms with Gasteiger partial charge in [-0.15, -0.1) is 0 Å². The Balaban J connectivity index is 0.866. The summed E-state index contributed by atoms with van der Waals surface area (Å²) < 4.78 is 19.0. The quantitative estimate of drug-likeness (QED) is 0.0332. The van der Waals surface area contributed by atoms with Gasteiger partial charge in [-0.2, -0.15) is 4.98 Å². The molecule has 0 saturated carbocycles. The standard InChI is InChI=1S/C52H63ClN11O6P/c1-60(2)23-12-18-47(65)55-41-31-42(57-52-54-33-39(53)49(59-52)56-40-16-8-9-17-46(40)71(4,5)69)45(70-3)32-44(41)63-25-21-36(22-26-63)62-29-27-61(28-30-62)24-10-6-7-13-35-14-11-15-37-38(35)34-64(51(37)68)43-19-20-48(66)58-50(43)67/h8-9,11-12,14-18,31-33,36,43H,6,10,19-30,34H2,1-5H3,(H,55,65)(H,58,66,67)(H2,54,56,57,59)/b18-12+. The van der Waals surface area contributed by atoms with Gasteiger partial charge in [0.2, 0.25) is 23.7 Å². The van der Waals surface area contributed by atoms with Crippen molar-refractivity contribution in [3.8, 4) is 17.6 Å². The summed E-state index contributed by atoms with van der Waals surface area (Å²) in [5.74, 6) is 6.59. The third-order valence-electron chi connectivity index (χ3n) is 13.4. The van der Waals surface area contributed by atoms with Crippen molar-refractivity contribution in [1.29, 1.82) is 0 Å². The van der Waals surface area contributed by atoms with Gasteiger partial charge in [-0.1, -0.05) is 47.7 Å². The van der Waals surface area contributed by atoms with Crippen molar-refractivity contribution < 1.29 is 28.5 Å². The number of methoxy groups -OCH3 is 1. The first-order valence-corrected chi connectivity index (χ1v) is 27.1. The van der Waals surface area contributed by atoms with Gasteiger partial charge in [-0.05, 0) is 95.5 Å². The van der Waals surface area contributed by atoms with E-state index in [0.717, 1.165) is 88.3 Å². The Bertz CT molecular complexity index is 2790. The van der Waals surface area contributed by atoms with E-state index in [9.17, 15) is 23.7 Å². The summed E-state index contributed by atoms with van der Waals surface area (Å²) in [7, 11) is 2.88. The number of para-hydroxylation sites is 1. The normalized spacial score (nSPS) is 18.1. The lowest BCUT2D eigenvalue weighted by Gasteiger charge is -2.43. The number of hydrogen-bond donors (Lipinski definition) is 4. The SMILES string of the molecule is COc1cc(N2CCC(N3CCN(CCCC#Cc4cccc5c4CN(C4CCC(=O)NC4=O)C5=O)CC3)CC2)c(NC(=O)/C=C/CN(C)C)cc1Nc1ncc(Cl)c(Nc2ccccc2P(C)(C)=O)n1. The van der Waals surface area contributed by atoms with Gasteiger partial charge in [0.25, 0.3) is 5.91 Å². The molecule has 17 nitrogen and oxygen atoms in total. The number of piperidine rings is 2. The Morgan fingerprint density at radius 3 is 2.48 bits per heavy atom. The van der Waals surface area contributed by atoms with Crippen LogP contribution in [0, 0.1) is 11.8 Å². The van der Waals surface area contributed by atoms with E-state index in [1.54, 1.807) is 37.5 Å². The molecule has 0 bridgehead atoms. The van der Waals surface area contributed by atoms with Gasteiger partial charge in [-0.25, -0.2) is 4.98 Å². The fourth-order valence-corrected chi connectivity index (χ4v) is 10.9. The Kier molecular flexibility index (Phi) is 16.4. The van der Waals surface area contributed by atoms with Crippen LogP contribution >= 0.6 is 18.7 Å². The summed E-state index contributed by atoms with van der Waals surface area (Å²) in [6.45, 7) is 10.9. The largest absolute Gasteiger partial charge is 0.494 e. The molecule has 4 N–H and O–H groups in total. The van der Waals surface area contributed by atoms with Gasteiger partial charge >= 0.3 is 0 Å². The Labute approximate surface area is 421 Å². The van der Waals surface area contributed by atoms with Gasteiger partial charge in [0.1, 0.15) is 24.0 Å². The highest BCUT2D eigenvalue weighted by Crippen LogP contribution is 2.41. The van der Waals surface area contributed by atoms with E-state index in [0.29, 0.717) is 65.0 Å². The van der Waals surface area contributed by atoms with Crippen molar-refractivity contribution in [3.05, 3.63) is 94.7 Å². The van der Waals surface area contributed by atoms with E-state index in [2.05, 4.69) is 57.8 Å². The fourth-order valence-electron chi connectivity index (χ4n) is 9.63. The second-order valence-corrected chi connectivity index (χ2v) is 22.6. The van der Waals surface area contributed by atoms with E-state index >= 15 is 0 Å². The number of piperazine rings is 1. The number of fused-ring (bicyclic) bond motifs is 1. The fraction of sp³-hybridized carbons (Fsp3) is 0.423. The van der Waals surface area contributed by atoms with Gasteiger partial charge in [0.15, 0.2) is 5.82 Å². The summed E-state index contributed by atoms with van der Waals surface area (Å²) in [5, 5.41) is 13.0. The number of likely N-dealkylation sites (N-methyl/N-ethyl adjacent to an activating group) is 1. The number of nitrogens with one attached hydrogen (secondary N) is 4. The molecule has 3 fully saturated rings. The van der Waals surface area contributed by atoms with Crippen LogP contribution in [0.2, 0.25) is 5.02 Å². The van der Waals surface area contributed by atoms with E-state index in [4.69, 9.17) is 16.3 Å². The molecule has 4 amide bonds. The first-order valence-electron chi connectivity index (χ1n) is 24.2. The summed E-state index contributed by atoms with van der Waals surface area (Å²) >= 11 is 6.57. The number of aromatic nitrogens is 2. The summed E-state index contributed by atoms with van der Waals surface area (Å²) in [5.41, 5.74) is 4.89. The molecular formula is C52H63ClN11O6P. The first-order chi connectivity index (χ1) is 34.1. The molecule has 1 aromatic heterocycles. The van der Waals surface area contributed by atoms with Crippen LogP contribution < -0.4 is 36.2 Å². The van der Waals surface area contributed by atoms with Crippen LogP contribution in [0.1, 0.15) is 60.0 Å². The van der Waals surface area contributed by atoms with E-state index in [1.165, 1.54) is 6.20 Å². The molecule has 1 unspecified atom stereocenters. The Hall–Kier alpha value is -6.28. The number of anilines is 6. The number of hydrogen-bond acceptors (Lipinski definition) is 14. The summed E-state index contributed by atoms with van der Waals surface area (Å²) in [4.78, 5) is 70.9. The molecule has 8 rings (SSSR count). The highest BCUT2D eigenvalue weighted by atomic mass is 35.5. The zero-order chi connectivity index (χ0) is 50.2. The van der Waals surface area contributed by atoms with Crippen LogP contribution in [0.4, 0.5) is 34.5 Å². The molecule has 0 spiro atoms. The lowest BCUT2D eigenvalue weighted by Crippen LogP contribution is -2.53. The third kappa shape index (κ3) is 12.6. The Morgan fingerprint density at radius 1 is 0.972 bits per heavy atom. The molecule has 5 heterocycles. The molecule has 3 saturated heterocycles. The van der Waals surface area contributed by atoms with Gasteiger partial charge in [-0.3, -0.25) is 29.4 Å². The number of benzene rings is 3. The van der Waals surface area contributed by atoms with Crippen LogP contribution in [-0.4, -0.2) is 152 Å². The number of rotatable bonds is 16. The zero-order valence-electron chi connectivity index (χ0n) is 41.1. The minimum Gasteiger partial charge on any atom is -0.494 e.